The van der Waals surface area contributed by atoms with Crippen LogP contribution in [0.2, 0.25) is 0 Å². The zero-order chi connectivity index (χ0) is 13.0. The maximum absolute atomic E-state index is 13.4. The maximum atomic E-state index is 13.4. The highest BCUT2D eigenvalue weighted by molar-refractivity contribution is 9.10. The van der Waals surface area contributed by atoms with Gasteiger partial charge in [0, 0.05) is 0 Å². The van der Waals surface area contributed by atoms with E-state index in [0.717, 1.165) is 0 Å². The Labute approximate surface area is 104 Å². The topological polar surface area (TPSA) is 86.6 Å². The number of halogens is 2. The molecule has 5 nitrogen and oxygen atoms in total. The number of carbonyl (C=O) groups is 2. The predicted molar refractivity (Wildman–Crippen MR) is 60.1 cm³/mol. The van der Waals surface area contributed by atoms with Crippen LogP contribution in [0.3, 0.4) is 0 Å². The average Bonchev–Trinajstić information content (AvgIpc) is 2.29. The number of aliphatic carboxylic acids is 1. The third-order valence-electron chi connectivity index (χ3n) is 1.94. The zero-order valence-corrected chi connectivity index (χ0v) is 10.1. The highest BCUT2D eigenvalue weighted by Crippen LogP contribution is 2.18. The molecule has 0 fully saturated rings. The normalized spacial score (nSPS) is 11.9. The highest BCUT2D eigenvalue weighted by atomic mass is 79.9. The maximum Gasteiger partial charge on any atom is 0.334 e. The van der Waals surface area contributed by atoms with Gasteiger partial charge in [-0.1, -0.05) is 6.07 Å². The van der Waals surface area contributed by atoms with E-state index in [-0.39, 0.29) is 10.0 Å². The first-order valence-corrected chi connectivity index (χ1v) is 5.36. The average molecular weight is 306 g/mol. The van der Waals surface area contributed by atoms with Gasteiger partial charge in [-0.05, 0) is 28.1 Å². The fourth-order valence-corrected chi connectivity index (χ4v) is 1.42. The number of carboxylic acids is 1. The SMILES string of the molecule is O=C(NCC(O)C(=O)O)c1cccc(Br)c1F. The summed E-state index contributed by atoms with van der Waals surface area (Å²) in [5.41, 5.74) is -0.225. The van der Waals surface area contributed by atoms with E-state index >= 15 is 0 Å². The molecule has 7 heteroatoms. The van der Waals surface area contributed by atoms with Crippen molar-refractivity contribution in [2.24, 2.45) is 0 Å². The van der Waals surface area contributed by atoms with Crippen molar-refractivity contribution in [1.82, 2.24) is 5.32 Å². The fourth-order valence-electron chi connectivity index (χ4n) is 1.05. The summed E-state index contributed by atoms with van der Waals surface area (Å²) in [5, 5.41) is 19.4. The minimum atomic E-state index is -1.71. The molecule has 0 saturated carbocycles. The molecule has 0 aliphatic carbocycles. The summed E-state index contributed by atoms with van der Waals surface area (Å²) in [4.78, 5) is 21.8. The minimum absolute atomic E-state index is 0.129. The standard InChI is InChI=1S/C10H9BrFNO4/c11-6-3-1-2-5(8(6)12)9(15)13-4-7(14)10(16)17/h1-3,7,14H,4H2,(H,13,15)(H,16,17). The Kier molecular flexibility index (Phi) is 4.59. The summed E-state index contributed by atoms with van der Waals surface area (Å²) in [7, 11) is 0. The van der Waals surface area contributed by atoms with Crippen LogP contribution < -0.4 is 5.32 Å². The first-order valence-electron chi connectivity index (χ1n) is 4.56. The molecule has 0 aliphatic rings. The molecule has 0 aliphatic heterocycles. The summed E-state index contributed by atoms with van der Waals surface area (Å²) < 4.78 is 13.6. The second-order valence-corrected chi connectivity index (χ2v) is 4.02. The predicted octanol–water partition coefficient (Wildman–Crippen LogP) is 0.763. The van der Waals surface area contributed by atoms with Crippen LogP contribution in [0.25, 0.3) is 0 Å². The smallest absolute Gasteiger partial charge is 0.334 e. The lowest BCUT2D eigenvalue weighted by molar-refractivity contribution is -0.146. The zero-order valence-electron chi connectivity index (χ0n) is 8.48. The van der Waals surface area contributed by atoms with Crippen LogP contribution in [0, 0.1) is 5.82 Å². The molecule has 0 spiro atoms. The van der Waals surface area contributed by atoms with Crippen molar-refractivity contribution in [1.29, 1.82) is 0 Å². The van der Waals surface area contributed by atoms with E-state index in [1.807, 2.05) is 0 Å². The van der Waals surface area contributed by atoms with E-state index in [0.29, 0.717) is 0 Å². The van der Waals surface area contributed by atoms with Gasteiger partial charge in [0.2, 0.25) is 0 Å². The number of aliphatic hydroxyl groups excluding tert-OH is 1. The lowest BCUT2D eigenvalue weighted by Crippen LogP contribution is -2.36. The first kappa shape index (κ1) is 13.6. The van der Waals surface area contributed by atoms with Gasteiger partial charge >= 0.3 is 5.97 Å². The van der Waals surface area contributed by atoms with Crippen molar-refractivity contribution >= 4 is 27.8 Å². The molecule has 1 unspecified atom stereocenters. The molecule has 0 radical (unpaired) electrons. The van der Waals surface area contributed by atoms with Crippen molar-refractivity contribution in [2.45, 2.75) is 6.10 Å². The van der Waals surface area contributed by atoms with Crippen molar-refractivity contribution in [3.63, 3.8) is 0 Å². The summed E-state index contributed by atoms with van der Waals surface area (Å²) >= 11 is 2.92. The lowest BCUT2D eigenvalue weighted by Gasteiger charge is -2.08. The van der Waals surface area contributed by atoms with Crippen LogP contribution in [0.4, 0.5) is 4.39 Å². The number of hydrogen-bond acceptors (Lipinski definition) is 3. The third-order valence-corrected chi connectivity index (χ3v) is 2.55. The highest BCUT2D eigenvalue weighted by Gasteiger charge is 2.17. The Morgan fingerprint density at radius 2 is 2.12 bits per heavy atom. The quantitative estimate of drug-likeness (QED) is 0.766. The van der Waals surface area contributed by atoms with Crippen LogP contribution in [-0.4, -0.2) is 34.7 Å². The molecular weight excluding hydrogens is 297 g/mol. The van der Waals surface area contributed by atoms with Crippen LogP contribution in [0.15, 0.2) is 22.7 Å². The van der Waals surface area contributed by atoms with Gasteiger partial charge in [-0.15, -0.1) is 0 Å². The number of hydrogen-bond donors (Lipinski definition) is 3. The van der Waals surface area contributed by atoms with Crippen LogP contribution in [0.5, 0.6) is 0 Å². The molecule has 17 heavy (non-hydrogen) atoms. The van der Waals surface area contributed by atoms with Gasteiger partial charge in [-0.3, -0.25) is 4.79 Å². The third kappa shape index (κ3) is 3.50. The van der Waals surface area contributed by atoms with Gasteiger partial charge in [0.1, 0.15) is 5.82 Å². The second kappa shape index (κ2) is 5.74. The van der Waals surface area contributed by atoms with Crippen LogP contribution in [-0.2, 0) is 4.79 Å². The molecule has 1 aromatic rings. The molecule has 0 heterocycles. The number of benzene rings is 1. The van der Waals surface area contributed by atoms with Gasteiger partial charge < -0.3 is 15.5 Å². The molecular formula is C10H9BrFNO4. The monoisotopic (exact) mass is 305 g/mol. The number of nitrogens with one attached hydrogen (secondary N) is 1. The summed E-state index contributed by atoms with van der Waals surface area (Å²) in [6, 6.07) is 4.15. The van der Waals surface area contributed by atoms with Crippen molar-refractivity contribution in [2.75, 3.05) is 6.54 Å². The molecule has 1 atom stereocenters. The van der Waals surface area contributed by atoms with Gasteiger partial charge in [0.25, 0.3) is 5.91 Å². The van der Waals surface area contributed by atoms with Crippen LogP contribution >= 0.6 is 15.9 Å². The minimum Gasteiger partial charge on any atom is -0.479 e. The molecule has 3 N–H and O–H groups in total. The van der Waals surface area contributed by atoms with E-state index in [4.69, 9.17) is 10.2 Å². The number of aliphatic hydroxyl groups is 1. The van der Waals surface area contributed by atoms with E-state index in [1.165, 1.54) is 18.2 Å². The number of carbonyl (C=O) groups excluding carboxylic acids is 1. The molecule has 1 amide bonds. The second-order valence-electron chi connectivity index (χ2n) is 3.17. The van der Waals surface area contributed by atoms with Crippen molar-refractivity contribution in [3.05, 3.63) is 34.1 Å². The summed E-state index contributed by atoms with van der Waals surface area (Å²) in [6.07, 6.45) is -1.71. The fraction of sp³-hybridized carbons (Fsp3) is 0.200. The molecule has 1 rings (SSSR count). The Morgan fingerprint density at radius 3 is 2.71 bits per heavy atom. The Morgan fingerprint density at radius 1 is 1.47 bits per heavy atom. The lowest BCUT2D eigenvalue weighted by atomic mass is 10.2. The van der Waals surface area contributed by atoms with Crippen LogP contribution in [0.1, 0.15) is 10.4 Å². The van der Waals surface area contributed by atoms with Gasteiger partial charge in [0.05, 0.1) is 16.6 Å². The van der Waals surface area contributed by atoms with E-state index in [9.17, 15) is 14.0 Å². The van der Waals surface area contributed by atoms with Gasteiger partial charge in [-0.2, -0.15) is 0 Å². The largest absolute Gasteiger partial charge is 0.479 e. The summed E-state index contributed by atoms with van der Waals surface area (Å²) in [5.74, 6) is -2.99. The van der Waals surface area contributed by atoms with Crippen molar-refractivity contribution < 1.29 is 24.2 Å². The molecule has 0 saturated heterocycles. The first-order chi connectivity index (χ1) is 7.93. The van der Waals surface area contributed by atoms with Gasteiger partial charge in [0.15, 0.2) is 6.10 Å². The number of rotatable bonds is 4. The number of amides is 1. The van der Waals surface area contributed by atoms with Gasteiger partial charge in [-0.25, -0.2) is 9.18 Å². The molecule has 92 valence electrons. The summed E-state index contributed by atoms with van der Waals surface area (Å²) in [6.45, 7) is -0.486. The van der Waals surface area contributed by atoms with E-state index in [1.54, 1.807) is 0 Å². The molecule has 1 aromatic carbocycles. The Hall–Kier alpha value is -1.47. The van der Waals surface area contributed by atoms with E-state index in [2.05, 4.69) is 21.2 Å². The van der Waals surface area contributed by atoms with Crippen molar-refractivity contribution in [3.8, 4) is 0 Å². The molecule has 0 bridgehead atoms. The number of carboxylic acid groups (broad SMARTS) is 1. The Balaban J connectivity index is 2.71. The molecule has 0 aromatic heterocycles. The van der Waals surface area contributed by atoms with E-state index < -0.39 is 30.3 Å². The Bertz CT molecular complexity index is 452.